The number of amides is 2. The lowest BCUT2D eigenvalue weighted by atomic mass is 9.81. The van der Waals surface area contributed by atoms with Crippen LogP contribution in [0.3, 0.4) is 0 Å². The number of esters is 1. The van der Waals surface area contributed by atoms with Gasteiger partial charge in [0.2, 0.25) is 11.8 Å². The highest BCUT2D eigenvalue weighted by atomic mass is 32.2. The molecule has 2 saturated heterocycles. The van der Waals surface area contributed by atoms with Crippen LogP contribution in [-0.4, -0.2) is 63.7 Å². The van der Waals surface area contributed by atoms with Gasteiger partial charge in [0, 0.05) is 5.75 Å². The minimum absolute atomic E-state index is 0.208. The van der Waals surface area contributed by atoms with Gasteiger partial charge in [-0.2, -0.15) is 0 Å². The van der Waals surface area contributed by atoms with E-state index in [1.165, 1.54) is 24.9 Å². The molecule has 5 rings (SSSR count). The summed E-state index contributed by atoms with van der Waals surface area (Å²) in [7, 11) is 1.34. The third kappa shape index (κ3) is 2.80. The summed E-state index contributed by atoms with van der Waals surface area (Å²) in [6, 6.07) is 9.18. The SMILES string of the molecule is COC(=O)[C@@]1(C)[C@H]2C(=O)N(Cc3ccccc3)C(=O)[C@H]2[C@H]2CN=C(SCC3CC3)N21. The van der Waals surface area contributed by atoms with Crippen LogP contribution in [-0.2, 0) is 25.7 Å². The molecule has 4 aliphatic rings. The molecule has 158 valence electrons. The van der Waals surface area contributed by atoms with E-state index in [9.17, 15) is 14.4 Å². The van der Waals surface area contributed by atoms with Gasteiger partial charge in [-0.15, -0.1) is 0 Å². The maximum Gasteiger partial charge on any atom is 0.332 e. The van der Waals surface area contributed by atoms with Gasteiger partial charge in [-0.25, -0.2) is 4.79 Å². The molecule has 7 nitrogen and oxygen atoms in total. The Kier molecular flexibility index (Phi) is 4.65. The van der Waals surface area contributed by atoms with E-state index in [0.29, 0.717) is 12.5 Å². The first-order valence-corrected chi connectivity index (χ1v) is 11.4. The number of thioether (sulfide) groups is 1. The normalized spacial score (nSPS) is 32.3. The molecule has 1 aliphatic carbocycles. The Balaban J connectivity index is 1.47. The van der Waals surface area contributed by atoms with Crippen molar-refractivity contribution >= 4 is 34.7 Å². The van der Waals surface area contributed by atoms with Crippen LogP contribution >= 0.6 is 11.8 Å². The van der Waals surface area contributed by atoms with Crippen LogP contribution in [0.4, 0.5) is 0 Å². The summed E-state index contributed by atoms with van der Waals surface area (Å²) in [5, 5.41) is 0.768. The molecular weight excluding hydrogens is 402 g/mol. The van der Waals surface area contributed by atoms with Crippen molar-refractivity contribution in [1.29, 1.82) is 0 Å². The number of aliphatic imine (C=N–C) groups is 1. The summed E-state index contributed by atoms with van der Waals surface area (Å²) >= 11 is 1.64. The van der Waals surface area contributed by atoms with Crippen molar-refractivity contribution in [1.82, 2.24) is 9.80 Å². The van der Waals surface area contributed by atoms with Crippen LogP contribution in [0.5, 0.6) is 0 Å². The molecule has 0 spiro atoms. The topological polar surface area (TPSA) is 79.3 Å². The monoisotopic (exact) mass is 427 g/mol. The van der Waals surface area contributed by atoms with E-state index in [2.05, 4.69) is 4.99 Å². The minimum Gasteiger partial charge on any atom is -0.467 e. The van der Waals surface area contributed by atoms with Gasteiger partial charge in [0.15, 0.2) is 5.17 Å². The Labute approximate surface area is 179 Å². The number of hydrogen-bond donors (Lipinski definition) is 0. The molecule has 2 amide bonds. The number of carbonyl (C=O) groups excluding carboxylic acids is 3. The van der Waals surface area contributed by atoms with Crippen molar-refractivity contribution in [2.45, 2.75) is 37.9 Å². The molecule has 30 heavy (non-hydrogen) atoms. The predicted octanol–water partition coefficient (Wildman–Crippen LogP) is 1.92. The molecule has 3 fully saturated rings. The summed E-state index contributed by atoms with van der Waals surface area (Å²) in [5.74, 6) is -0.650. The number of carbonyl (C=O) groups is 3. The number of imide groups is 1. The number of benzene rings is 1. The summed E-state index contributed by atoms with van der Waals surface area (Å²) < 4.78 is 5.15. The quantitative estimate of drug-likeness (QED) is 0.528. The van der Waals surface area contributed by atoms with Gasteiger partial charge >= 0.3 is 5.97 Å². The molecule has 3 heterocycles. The molecule has 4 atom stereocenters. The lowest BCUT2D eigenvalue weighted by Crippen LogP contribution is -2.57. The number of nitrogens with zero attached hydrogens (tertiary/aromatic N) is 3. The van der Waals surface area contributed by atoms with E-state index < -0.39 is 23.3 Å². The van der Waals surface area contributed by atoms with E-state index in [-0.39, 0.29) is 24.4 Å². The van der Waals surface area contributed by atoms with E-state index in [0.717, 1.165) is 16.5 Å². The number of hydrogen-bond acceptors (Lipinski definition) is 7. The number of rotatable bonds is 5. The molecule has 0 N–H and O–H groups in total. The maximum absolute atomic E-state index is 13.5. The summed E-state index contributed by atoms with van der Waals surface area (Å²) in [5.41, 5.74) is -0.340. The molecule has 0 unspecified atom stereocenters. The lowest BCUT2D eigenvalue weighted by Gasteiger charge is -2.37. The molecule has 1 saturated carbocycles. The van der Waals surface area contributed by atoms with Crippen molar-refractivity contribution in [3.05, 3.63) is 35.9 Å². The maximum atomic E-state index is 13.5. The largest absolute Gasteiger partial charge is 0.467 e. The Morgan fingerprint density at radius 1 is 1.23 bits per heavy atom. The van der Waals surface area contributed by atoms with Crippen LogP contribution in [0.1, 0.15) is 25.3 Å². The van der Waals surface area contributed by atoms with E-state index in [4.69, 9.17) is 4.74 Å². The Bertz CT molecular complexity index is 932. The third-order valence-corrected chi connectivity index (χ3v) is 8.06. The molecule has 1 aromatic rings. The van der Waals surface area contributed by atoms with Gasteiger partial charge in [0.05, 0.1) is 38.1 Å². The zero-order valence-corrected chi connectivity index (χ0v) is 17.9. The number of ether oxygens (including phenoxy) is 1. The van der Waals surface area contributed by atoms with Crippen molar-refractivity contribution in [3.63, 3.8) is 0 Å². The molecule has 0 aromatic heterocycles. The lowest BCUT2D eigenvalue weighted by molar-refractivity contribution is -0.157. The van der Waals surface area contributed by atoms with Crippen LogP contribution < -0.4 is 0 Å². The first-order valence-electron chi connectivity index (χ1n) is 10.4. The summed E-state index contributed by atoms with van der Waals surface area (Å²) in [6.07, 6.45) is 2.46. The second kappa shape index (κ2) is 7.11. The first kappa shape index (κ1) is 19.6. The van der Waals surface area contributed by atoms with Crippen molar-refractivity contribution in [2.75, 3.05) is 19.4 Å². The molecular formula is C22H25N3O4S. The molecule has 8 heteroatoms. The zero-order valence-electron chi connectivity index (χ0n) is 17.1. The summed E-state index contributed by atoms with van der Waals surface area (Å²) in [4.78, 5) is 47.8. The highest BCUT2D eigenvalue weighted by molar-refractivity contribution is 8.13. The fourth-order valence-corrected chi connectivity index (χ4v) is 6.46. The average molecular weight is 428 g/mol. The fraction of sp³-hybridized carbons (Fsp3) is 0.545. The highest BCUT2D eigenvalue weighted by Gasteiger charge is 2.72. The Hall–Kier alpha value is -2.35. The number of amidine groups is 1. The van der Waals surface area contributed by atoms with E-state index >= 15 is 0 Å². The number of likely N-dealkylation sites (tertiary alicyclic amines) is 1. The van der Waals surface area contributed by atoms with Gasteiger partial charge in [-0.1, -0.05) is 42.1 Å². The minimum atomic E-state index is -1.23. The van der Waals surface area contributed by atoms with Crippen molar-refractivity contribution < 1.29 is 19.1 Å². The summed E-state index contributed by atoms with van der Waals surface area (Å²) in [6.45, 7) is 2.39. The standard InChI is InChI=1S/C22H25N3O4S/c1-22(20(28)29-2)17-16(15-10-23-21(25(15)22)30-12-14-8-9-14)18(26)24(19(17)27)11-13-6-4-3-5-7-13/h3-7,14-17H,8-12H2,1-2H3/t15-,16+,17-,22-/m1/s1. The first-order chi connectivity index (χ1) is 14.5. The van der Waals surface area contributed by atoms with Crippen LogP contribution in [0.15, 0.2) is 35.3 Å². The second-order valence-corrected chi connectivity index (χ2v) is 9.69. The highest BCUT2D eigenvalue weighted by Crippen LogP contribution is 2.52. The molecule has 0 bridgehead atoms. The Morgan fingerprint density at radius 2 is 1.97 bits per heavy atom. The molecule has 3 aliphatic heterocycles. The third-order valence-electron chi connectivity index (χ3n) is 6.84. The van der Waals surface area contributed by atoms with E-state index in [1.54, 1.807) is 18.7 Å². The van der Waals surface area contributed by atoms with Crippen molar-refractivity contribution in [2.24, 2.45) is 22.7 Å². The van der Waals surface area contributed by atoms with Gasteiger partial charge in [0.1, 0.15) is 5.54 Å². The van der Waals surface area contributed by atoms with Gasteiger partial charge in [-0.05, 0) is 31.2 Å². The zero-order chi connectivity index (χ0) is 21.0. The Morgan fingerprint density at radius 3 is 2.63 bits per heavy atom. The molecule has 1 aromatic carbocycles. The van der Waals surface area contributed by atoms with Crippen LogP contribution in [0.2, 0.25) is 0 Å². The van der Waals surface area contributed by atoms with Gasteiger partial charge in [0.25, 0.3) is 0 Å². The smallest absolute Gasteiger partial charge is 0.332 e. The number of methoxy groups -OCH3 is 1. The van der Waals surface area contributed by atoms with Gasteiger partial charge < -0.3 is 9.64 Å². The fourth-order valence-electron chi connectivity index (χ4n) is 5.11. The average Bonchev–Trinajstić information content (AvgIpc) is 3.36. The van der Waals surface area contributed by atoms with Crippen LogP contribution in [0, 0.1) is 17.8 Å². The number of fused-ring (bicyclic) bond motifs is 3. The van der Waals surface area contributed by atoms with E-state index in [1.807, 2.05) is 35.2 Å². The van der Waals surface area contributed by atoms with Crippen LogP contribution in [0.25, 0.3) is 0 Å². The van der Waals surface area contributed by atoms with Gasteiger partial charge in [-0.3, -0.25) is 19.5 Å². The molecule has 0 radical (unpaired) electrons. The second-order valence-electron chi connectivity index (χ2n) is 8.71. The van der Waals surface area contributed by atoms with Crippen molar-refractivity contribution in [3.8, 4) is 0 Å². The predicted molar refractivity (Wildman–Crippen MR) is 113 cm³/mol.